The molecule has 1 aliphatic rings. The SMILES string of the molecule is CCC(C)C(C(=O)NC(Cc1ccccc1)C(O)CN(Cc1ccc(Cl)cc1)NC(=O)N(CC(C)(C)C)C(=O)OC)N1CCN(Cc2cccc(C)n2)C1=O. The van der Waals surface area contributed by atoms with Gasteiger partial charge in [0.05, 0.1) is 31.5 Å². The average Bonchev–Trinajstić information content (AvgIpc) is 3.49. The lowest BCUT2D eigenvalue weighted by Gasteiger charge is -2.35. The van der Waals surface area contributed by atoms with Crippen molar-refractivity contribution in [2.45, 2.75) is 85.7 Å². The molecule has 298 valence electrons. The van der Waals surface area contributed by atoms with Gasteiger partial charge in [0.1, 0.15) is 6.04 Å². The zero-order valence-electron chi connectivity index (χ0n) is 33.0. The van der Waals surface area contributed by atoms with E-state index in [2.05, 4.69) is 15.7 Å². The van der Waals surface area contributed by atoms with Crippen molar-refractivity contribution in [3.8, 4) is 0 Å². The first-order valence-corrected chi connectivity index (χ1v) is 19.1. The van der Waals surface area contributed by atoms with Crippen LogP contribution < -0.4 is 10.7 Å². The van der Waals surface area contributed by atoms with E-state index in [1.165, 1.54) is 12.1 Å². The van der Waals surface area contributed by atoms with Crippen molar-refractivity contribution in [3.63, 3.8) is 0 Å². The first-order chi connectivity index (χ1) is 26.1. The number of methoxy groups -OCH3 is 1. The lowest BCUT2D eigenvalue weighted by molar-refractivity contribution is -0.128. The van der Waals surface area contributed by atoms with E-state index in [0.29, 0.717) is 31.1 Å². The molecule has 0 radical (unpaired) electrons. The predicted molar refractivity (Wildman–Crippen MR) is 212 cm³/mol. The Labute approximate surface area is 329 Å². The molecule has 1 aromatic heterocycles. The fourth-order valence-corrected chi connectivity index (χ4v) is 6.68. The minimum absolute atomic E-state index is 0.0701. The normalized spacial score (nSPS) is 15.3. The summed E-state index contributed by atoms with van der Waals surface area (Å²) < 4.78 is 4.93. The van der Waals surface area contributed by atoms with Gasteiger partial charge in [-0.15, -0.1) is 0 Å². The second kappa shape index (κ2) is 19.7. The van der Waals surface area contributed by atoms with Crippen molar-refractivity contribution in [1.29, 1.82) is 0 Å². The van der Waals surface area contributed by atoms with Crippen LogP contribution >= 0.6 is 11.6 Å². The number of imide groups is 1. The number of hydrazine groups is 1. The van der Waals surface area contributed by atoms with Crippen LogP contribution in [0.3, 0.4) is 0 Å². The van der Waals surface area contributed by atoms with E-state index >= 15 is 0 Å². The summed E-state index contributed by atoms with van der Waals surface area (Å²) in [5.41, 5.74) is 5.64. The Morgan fingerprint density at radius 3 is 2.31 bits per heavy atom. The zero-order valence-corrected chi connectivity index (χ0v) is 33.8. The number of aryl methyl sites for hydroxylation is 1. The Bertz CT molecular complexity index is 1740. The molecule has 2 aromatic carbocycles. The maximum Gasteiger partial charge on any atom is 0.417 e. The standard InChI is InChI=1S/C41H56ClN7O6/c1-8-28(2)36(48-22-21-46(39(48)53)25-33-16-12-13-29(3)43-33)37(51)44-34(23-30-14-10-9-11-15-30)35(50)26-47(24-31-17-19-32(42)20-18-31)45-38(52)49(40(54)55-7)27-41(4,5)6/h9-20,28,34-36,50H,8,21-27H2,1-7H3,(H,44,51)(H,45,52). The topological polar surface area (TPSA) is 148 Å². The van der Waals surface area contributed by atoms with Gasteiger partial charge in [-0.05, 0) is 60.1 Å². The van der Waals surface area contributed by atoms with Crippen LogP contribution in [-0.2, 0) is 29.0 Å². The maximum absolute atomic E-state index is 14.4. The van der Waals surface area contributed by atoms with Gasteiger partial charge in [0.15, 0.2) is 0 Å². The molecule has 2 heterocycles. The number of amides is 6. The van der Waals surface area contributed by atoms with Gasteiger partial charge in [0, 0.05) is 43.4 Å². The average molecular weight is 778 g/mol. The van der Waals surface area contributed by atoms with Crippen LogP contribution in [0.15, 0.2) is 72.8 Å². The number of hydrogen-bond donors (Lipinski definition) is 3. The van der Waals surface area contributed by atoms with E-state index < -0.39 is 35.7 Å². The van der Waals surface area contributed by atoms with Crippen LogP contribution in [0.4, 0.5) is 14.4 Å². The van der Waals surface area contributed by atoms with Gasteiger partial charge in [-0.3, -0.25) is 15.2 Å². The highest BCUT2D eigenvalue weighted by Crippen LogP contribution is 2.23. The molecule has 1 saturated heterocycles. The Balaban J connectivity index is 1.60. The summed E-state index contributed by atoms with van der Waals surface area (Å²) in [5, 5.41) is 17.1. The molecule has 4 rings (SSSR count). The number of aliphatic hydroxyl groups excluding tert-OH is 1. The lowest BCUT2D eigenvalue weighted by Crippen LogP contribution is -2.59. The van der Waals surface area contributed by atoms with Crippen LogP contribution in [0, 0.1) is 18.3 Å². The van der Waals surface area contributed by atoms with Crippen molar-refractivity contribution < 1.29 is 29.0 Å². The number of benzene rings is 2. The number of halogens is 1. The number of urea groups is 2. The van der Waals surface area contributed by atoms with Crippen molar-refractivity contribution >= 4 is 35.7 Å². The smallest absolute Gasteiger partial charge is 0.417 e. The number of rotatable bonds is 16. The Morgan fingerprint density at radius 1 is 1.00 bits per heavy atom. The highest BCUT2D eigenvalue weighted by atomic mass is 35.5. The summed E-state index contributed by atoms with van der Waals surface area (Å²) in [6.45, 7) is 12.7. The Morgan fingerprint density at radius 2 is 1.69 bits per heavy atom. The van der Waals surface area contributed by atoms with Gasteiger partial charge in [-0.1, -0.05) is 101 Å². The molecule has 0 saturated carbocycles. The molecule has 6 amide bonds. The zero-order chi connectivity index (χ0) is 40.3. The van der Waals surface area contributed by atoms with E-state index in [1.807, 2.05) is 90.1 Å². The minimum Gasteiger partial charge on any atom is -0.452 e. The number of aliphatic hydroxyl groups is 1. The molecule has 3 N–H and O–H groups in total. The van der Waals surface area contributed by atoms with Gasteiger partial charge in [0.2, 0.25) is 5.91 Å². The van der Waals surface area contributed by atoms with E-state index in [-0.39, 0.29) is 43.9 Å². The summed E-state index contributed by atoms with van der Waals surface area (Å²) in [5.74, 6) is -0.572. The highest BCUT2D eigenvalue weighted by Gasteiger charge is 2.41. The van der Waals surface area contributed by atoms with Crippen LogP contribution in [-0.4, -0.2) is 105 Å². The van der Waals surface area contributed by atoms with Crippen molar-refractivity contribution in [3.05, 3.63) is 100 Å². The second-order valence-corrected chi connectivity index (χ2v) is 15.8. The summed E-state index contributed by atoms with van der Waals surface area (Å²) in [7, 11) is 1.21. The number of carbonyl (C=O) groups excluding carboxylic acids is 4. The molecule has 3 aromatic rings. The molecule has 0 spiro atoms. The lowest BCUT2D eigenvalue weighted by atomic mass is 9.95. The monoisotopic (exact) mass is 777 g/mol. The quantitative estimate of drug-likeness (QED) is 0.150. The molecule has 13 nitrogen and oxygen atoms in total. The molecule has 0 aliphatic carbocycles. The number of nitrogens with one attached hydrogen (secondary N) is 2. The van der Waals surface area contributed by atoms with Gasteiger partial charge in [-0.2, -0.15) is 0 Å². The van der Waals surface area contributed by atoms with Crippen LogP contribution in [0.25, 0.3) is 0 Å². The molecule has 14 heteroatoms. The molecule has 1 aliphatic heterocycles. The number of aromatic nitrogens is 1. The molecule has 0 bridgehead atoms. The Kier molecular flexibility index (Phi) is 15.4. The number of pyridine rings is 1. The molecule has 1 fully saturated rings. The molecule has 4 unspecified atom stereocenters. The third-order valence-electron chi connectivity index (χ3n) is 9.52. The molecular formula is C41H56ClN7O6. The van der Waals surface area contributed by atoms with E-state index in [0.717, 1.165) is 27.4 Å². The van der Waals surface area contributed by atoms with Gasteiger partial charge >= 0.3 is 18.2 Å². The fraction of sp³-hybridized carbons (Fsp3) is 0.488. The first kappa shape index (κ1) is 43.0. The highest BCUT2D eigenvalue weighted by molar-refractivity contribution is 6.30. The van der Waals surface area contributed by atoms with Crippen molar-refractivity contribution in [1.82, 2.24) is 35.4 Å². The third-order valence-corrected chi connectivity index (χ3v) is 9.78. The van der Waals surface area contributed by atoms with Crippen LogP contribution in [0.5, 0.6) is 0 Å². The number of ether oxygens (including phenoxy) is 1. The molecule has 55 heavy (non-hydrogen) atoms. The number of hydrogen-bond acceptors (Lipinski definition) is 8. The molecular weight excluding hydrogens is 722 g/mol. The van der Waals surface area contributed by atoms with Crippen LogP contribution in [0.2, 0.25) is 5.02 Å². The van der Waals surface area contributed by atoms with Gasteiger partial charge < -0.3 is 25.0 Å². The van der Waals surface area contributed by atoms with Crippen LogP contribution in [0.1, 0.15) is 63.6 Å². The van der Waals surface area contributed by atoms with Gasteiger partial charge in [-0.25, -0.2) is 24.3 Å². The summed E-state index contributed by atoms with van der Waals surface area (Å²) in [4.78, 5) is 63.5. The summed E-state index contributed by atoms with van der Waals surface area (Å²) in [6, 6.07) is 19.6. The van der Waals surface area contributed by atoms with E-state index in [9.17, 15) is 24.3 Å². The van der Waals surface area contributed by atoms with Crippen molar-refractivity contribution in [2.24, 2.45) is 11.3 Å². The summed E-state index contributed by atoms with van der Waals surface area (Å²) >= 11 is 6.15. The van der Waals surface area contributed by atoms with E-state index in [4.69, 9.17) is 16.3 Å². The number of carbonyl (C=O) groups is 4. The first-order valence-electron chi connectivity index (χ1n) is 18.7. The van der Waals surface area contributed by atoms with Gasteiger partial charge in [0.25, 0.3) is 0 Å². The maximum atomic E-state index is 14.4. The summed E-state index contributed by atoms with van der Waals surface area (Å²) in [6.07, 6.45) is -1.14. The van der Waals surface area contributed by atoms with Crippen molar-refractivity contribution in [2.75, 3.05) is 33.3 Å². The largest absolute Gasteiger partial charge is 0.452 e. The third kappa shape index (κ3) is 12.7. The number of nitrogens with zero attached hydrogens (tertiary/aromatic N) is 5. The van der Waals surface area contributed by atoms with E-state index in [1.54, 1.807) is 34.1 Å². The molecule has 4 atom stereocenters. The fourth-order valence-electron chi connectivity index (χ4n) is 6.55. The Hall–Kier alpha value is -4.72. The second-order valence-electron chi connectivity index (χ2n) is 15.4. The minimum atomic E-state index is -1.22. The predicted octanol–water partition coefficient (Wildman–Crippen LogP) is 6.03.